The van der Waals surface area contributed by atoms with Crippen LogP contribution >= 0.6 is 45.2 Å². The molecule has 0 atom stereocenters. The van der Waals surface area contributed by atoms with Crippen LogP contribution in [0, 0.1) is 7.14 Å². The molecule has 0 aliphatic carbocycles. The summed E-state index contributed by atoms with van der Waals surface area (Å²) >= 11 is 4.39. The molecule has 5 heteroatoms. The fourth-order valence-electron chi connectivity index (χ4n) is 2.01. The van der Waals surface area contributed by atoms with Crippen molar-refractivity contribution in [2.24, 2.45) is 0 Å². The predicted molar refractivity (Wildman–Crippen MR) is 82.8 cm³/mol. The molecule has 0 fully saturated rings. The Kier molecular flexibility index (Phi) is 2.75. The Labute approximate surface area is 127 Å². The highest BCUT2D eigenvalue weighted by Crippen LogP contribution is 2.43. The van der Waals surface area contributed by atoms with Gasteiger partial charge in [0.25, 0.3) is 0 Å². The number of halogens is 2. The van der Waals surface area contributed by atoms with Crippen LogP contribution in [-0.2, 0) is 9.84 Å². The van der Waals surface area contributed by atoms with Crippen LogP contribution in [0.25, 0.3) is 11.1 Å². The van der Waals surface area contributed by atoms with Crippen LogP contribution < -0.4 is 0 Å². The molecule has 0 N–H and O–H groups in total. The SMILES string of the molecule is O=S1(=O)c2ccc(I)cc2-c2cc(I)ccc21. The highest BCUT2D eigenvalue weighted by molar-refractivity contribution is 14.1. The molecule has 2 nitrogen and oxygen atoms in total. The van der Waals surface area contributed by atoms with Gasteiger partial charge in [0.2, 0.25) is 9.84 Å². The summed E-state index contributed by atoms with van der Waals surface area (Å²) in [5, 5.41) is 0. The Bertz CT molecular complexity index is 679. The minimum atomic E-state index is -3.31. The number of sulfone groups is 1. The molecule has 2 aromatic carbocycles. The first-order chi connectivity index (χ1) is 8.00. The summed E-state index contributed by atoms with van der Waals surface area (Å²) < 4.78 is 26.7. The van der Waals surface area contributed by atoms with E-state index in [0.717, 1.165) is 18.3 Å². The van der Waals surface area contributed by atoms with Gasteiger partial charge in [-0.25, -0.2) is 8.42 Å². The standard InChI is InChI=1S/C12H6I2O2S/c13-7-1-3-11-9(5-7)10-6-8(14)2-4-12(10)17(11,15)16/h1-6H. The molecule has 0 aromatic heterocycles. The molecule has 86 valence electrons. The van der Waals surface area contributed by atoms with Crippen LogP contribution in [-0.4, -0.2) is 8.42 Å². The minimum absolute atomic E-state index is 0.426. The van der Waals surface area contributed by atoms with E-state index in [0.29, 0.717) is 9.79 Å². The van der Waals surface area contributed by atoms with E-state index in [9.17, 15) is 8.42 Å². The fourth-order valence-corrected chi connectivity index (χ4v) is 4.64. The van der Waals surface area contributed by atoms with E-state index in [1.54, 1.807) is 12.1 Å². The van der Waals surface area contributed by atoms with E-state index < -0.39 is 9.84 Å². The zero-order valence-corrected chi connectivity index (χ0v) is 13.6. The average Bonchev–Trinajstić information content (AvgIpc) is 2.47. The molecule has 0 unspecified atom stereocenters. The second-order valence-electron chi connectivity index (χ2n) is 3.78. The average molecular weight is 468 g/mol. The maximum Gasteiger partial charge on any atom is 0.207 e. The molecule has 17 heavy (non-hydrogen) atoms. The highest BCUT2D eigenvalue weighted by Gasteiger charge is 2.32. The molecule has 0 saturated heterocycles. The van der Waals surface area contributed by atoms with Crippen LogP contribution in [0.5, 0.6) is 0 Å². The first-order valence-corrected chi connectivity index (χ1v) is 8.49. The monoisotopic (exact) mass is 468 g/mol. The predicted octanol–water partition coefficient (Wildman–Crippen LogP) is 3.71. The smallest absolute Gasteiger partial charge is 0.207 e. The highest BCUT2D eigenvalue weighted by atomic mass is 127. The van der Waals surface area contributed by atoms with Gasteiger partial charge < -0.3 is 0 Å². The second-order valence-corrected chi connectivity index (χ2v) is 8.16. The molecular formula is C12H6I2O2S. The number of hydrogen-bond donors (Lipinski definition) is 0. The lowest BCUT2D eigenvalue weighted by atomic mass is 10.1. The lowest BCUT2D eigenvalue weighted by molar-refractivity contribution is 0.598. The van der Waals surface area contributed by atoms with Gasteiger partial charge >= 0.3 is 0 Å². The van der Waals surface area contributed by atoms with Crippen LogP contribution in [0.2, 0.25) is 0 Å². The molecule has 0 radical (unpaired) electrons. The first-order valence-electron chi connectivity index (χ1n) is 4.85. The van der Waals surface area contributed by atoms with E-state index in [-0.39, 0.29) is 0 Å². The molecule has 0 spiro atoms. The van der Waals surface area contributed by atoms with E-state index in [1.165, 1.54) is 0 Å². The van der Waals surface area contributed by atoms with Gasteiger partial charge in [-0.1, -0.05) is 0 Å². The Balaban J connectivity index is 2.48. The molecule has 1 aliphatic heterocycles. The van der Waals surface area contributed by atoms with E-state index in [2.05, 4.69) is 45.2 Å². The van der Waals surface area contributed by atoms with Crippen molar-refractivity contribution in [3.63, 3.8) is 0 Å². The Hall–Kier alpha value is -0.150. The van der Waals surface area contributed by atoms with Crippen molar-refractivity contribution in [1.82, 2.24) is 0 Å². The molecular weight excluding hydrogens is 462 g/mol. The molecule has 2 aromatic rings. The molecule has 0 amide bonds. The lowest BCUT2D eigenvalue weighted by Crippen LogP contribution is -1.96. The topological polar surface area (TPSA) is 34.1 Å². The third-order valence-electron chi connectivity index (χ3n) is 2.75. The van der Waals surface area contributed by atoms with Crippen molar-refractivity contribution in [1.29, 1.82) is 0 Å². The number of rotatable bonds is 0. The Morgan fingerprint density at radius 2 is 1.18 bits per heavy atom. The molecule has 0 saturated carbocycles. The molecule has 0 bridgehead atoms. The maximum atomic E-state index is 12.3. The quantitative estimate of drug-likeness (QED) is 0.472. The van der Waals surface area contributed by atoms with Gasteiger partial charge in [0.1, 0.15) is 0 Å². The summed E-state index contributed by atoms with van der Waals surface area (Å²) in [6.45, 7) is 0. The molecule has 1 aliphatic rings. The number of benzene rings is 2. The lowest BCUT2D eigenvalue weighted by Gasteiger charge is -1.99. The van der Waals surface area contributed by atoms with Crippen molar-refractivity contribution < 1.29 is 8.42 Å². The van der Waals surface area contributed by atoms with Crippen molar-refractivity contribution >= 4 is 55.0 Å². The number of hydrogen-bond acceptors (Lipinski definition) is 2. The Morgan fingerprint density at radius 3 is 1.59 bits per heavy atom. The van der Waals surface area contributed by atoms with E-state index in [1.807, 2.05) is 24.3 Å². The van der Waals surface area contributed by atoms with Gasteiger partial charge in [0, 0.05) is 18.3 Å². The summed E-state index contributed by atoms with van der Waals surface area (Å²) in [6.07, 6.45) is 0. The summed E-state index contributed by atoms with van der Waals surface area (Å²) in [5.74, 6) is 0. The van der Waals surface area contributed by atoms with Gasteiger partial charge in [-0.15, -0.1) is 0 Å². The van der Waals surface area contributed by atoms with E-state index in [4.69, 9.17) is 0 Å². The third-order valence-corrected chi connectivity index (χ3v) is 5.96. The summed E-state index contributed by atoms with van der Waals surface area (Å²) in [4.78, 5) is 0.852. The van der Waals surface area contributed by atoms with Crippen molar-refractivity contribution in [2.45, 2.75) is 9.79 Å². The van der Waals surface area contributed by atoms with Gasteiger partial charge in [-0.3, -0.25) is 0 Å². The van der Waals surface area contributed by atoms with Gasteiger partial charge in [0.05, 0.1) is 9.79 Å². The summed E-state index contributed by atoms with van der Waals surface area (Å²) in [6, 6.07) is 10.9. The zero-order valence-electron chi connectivity index (χ0n) is 8.44. The largest absolute Gasteiger partial charge is 0.218 e. The summed E-state index contributed by atoms with van der Waals surface area (Å²) in [5.41, 5.74) is 1.65. The van der Waals surface area contributed by atoms with Crippen LogP contribution in [0.3, 0.4) is 0 Å². The molecule has 3 rings (SSSR count). The van der Waals surface area contributed by atoms with Crippen molar-refractivity contribution in [3.05, 3.63) is 43.5 Å². The van der Waals surface area contributed by atoms with Crippen molar-refractivity contribution in [3.8, 4) is 11.1 Å². The van der Waals surface area contributed by atoms with E-state index >= 15 is 0 Å². The minimum Gasteiger partial charge on any atom is -0.218 e. The van der Waals surface area contributed by atoms with Gasteiger partial charge in [-0.2, -0.15) is 0 Å². The summed E-state index contributed by atoms with van der Waals surface area (Å²) in [7, 11) is -3.31. The van der Waals surface area contributed by atoms with Gasteiger partial charge in [0.15, 0.2) is 0 Å². The van der Waals surface area contributed by atoms with Gasteiger partial charge in [-0.05, 0) is 81.6 Å². The van der Waals surface area contributed by atoms with Crippen LogP contribution in [0.15, 0.2) is 46.2 Å². The normalized spacial score (nSPS) is 15.4. The third kappa shape index (κ3) is 1.74. The molecule has 1 heterocycles. The fraction of sp³-hybridized carbons (Fsp3) is 0. The van der Waals surface area contributed by atoms with Crippen LogP contribution in [0.4, 0.5) is 0 Å². The van der Waals surface area contributed by atoms with Crippen molar-refractivity contribution in [2.75, 3.05) is 0 Å². The maximum absolute atomic E-state index is 12.3. The second kappa shape index (κ2) is 3.92. The zero-order chi connectivity index (χ0) is 12.2. The first kappa shape index (κ1) is 11.9. The number of fused-ring (bicyclic) bond motifs is 3. The van der Waals surface area contributed by atoms with Crippen LogP contribution in [0.1, 0.15) is 0 Å². The Morgan fingerprint density at radius 1 is 0.765 bits per heavy atom.